The predicted molar refractivity (Wildman–Crippen MR) is 87.1 cm³/mol. The molecule has 5 atom stereocenters. The molecular formula is C19H23NO3. The summed E-state index contributed by atoms with van der Waals surface area (Å²) in [5, 5.41) is 10.8. The van der Waals surface area contributed by atoms with Gasteiger partial charge in [-0.25, -0.2) is 0 Å². The van der Waals surface area contributed by atoms with Crippen molar-refractivity contribution in [2.24, 2.45) is 5.92 Å². The van der Waals surface area contributed by atoms with Crippen LogP contribution in [-0.2, 0) is 11.8 Å². The average Bonchev–Trinajstić information content (AvgIpc) is 2.82. The number of aliphatic hydroxyl groups is 1. The number of nitrogens with zero attached hydrogens (tertiary/aromatic N) is 1. The van der Waals surface area contributed by atoms with E-state index in [1.54, 1.807) is 7.11 Å². The first-order valence-corrected chi connectivity index (χ1v) is 8.49. The van der Waals surface area contributed by atoms with Gasteiger partial charge in [0.15, 0.2) is 11.5 Å². The van der Waals surface area contributed by atoms with Gasteiger partial charge in [-0.2, -0.15) is 0 Å². The summed E-state index contributed by atoms with van der Waals surface area (Å²) in [6.07, 6.45) is 5.64. The number of methoxy groups -OCH3 is 1. The highest BCUT2D eigenvalue weighted by Crippen LogP contribution is 2.66. The molecule has 1 aromatic carbocycles. The zero-order chi connectivity index (χ0) is 16.0. The Balaban J connectivity index is 1.87. The highest BCUT2D eigenvalue weighted by Gasteiger charge is 2.70. The molecule has 23 heavy (non-hydrogen) atoms. The minimum atomic E-state index is -0.613. The second-order valence-electron chi connectivity index (χ2n) is 7.67. The van der Waals surface area contributed by atoms with E-state index in [9.17, 15) is 5.11 Å². The van der Waals surface area contributed by atoms with E-state index in [2.05, 4.69) is 31.0 Å². The minimum absolute atomic E-state index is 0.143. The van der Waals surface area contributed by atoms with Gasteiger partial charge >= 0.3 is 0 Å². The summed E-state index contributed by atoms with van der Waals surface area (Å²) in [7, 11) is 3.91. The number of hydrogen-bond acceptors (Lipinski definition) is 4. The summed E-state index contributed by atoms with van der Waals surface area (Å²) < 4.78 is 12.1. The molecule has 1 aromatic rings. The lowest BCUT2D eigenvalue weighted by atomic mass is 9.49. The molecule has 1 N–H and O–H groups in total. The summed E-state index contributed by atoms with van der Waals surface area (Å²) >= 11 is 0. The molecule has 0 unspecified atom stereocenters. The Morgan fingerprint density at radius 2 is 2.17 bits per heavy atom. The van der Waals surface area contributed by atoms with Crippen LogP contribution in [0.5, 0.6) is 11.5 Å². The molecular weight excluding hydrogens is 290 g/mol. The van der Waals surface area contributed by atoms with Crippen LogP contribution in [0.2, 0.25) is 0 Å². The maximum Gasteiger partial charge on any atom is 0.166 e. The van der Waals surface area contributed by atoms with E-state index < -0.39 is 11.7 Å². The summed E-state index contributed by atoms with van der Waals surface area (Å²) in [5.74, 6) is 2.04. The number of likely N-dealkylation sites (N-methyl/N-ethyl adjacent to an activating group) is 1. The fraction of sp³-hybridized carbons (Fsp3) is 0.579. The number of likely N-dealkylation sites (tertiary alicyclic amines) is 1. The van der Waals surface area contributed by atoms with Gasteiger partial charge in [-0.15, -0.1) is 0 Å². The Morgan fingerprint density at radius 3 is 2.96 bits per heavy atom. The SMILES string of the molecule is COc1ccc2c3c1O[C@]1(C)[C@@H](O)C=C[C@@H]4[C@@H](C2)N(C)CC[C@@]341. The van der Waals surface area contributed by atoms with Crippen LogP contribution >= 0.6 is 0 Å². The normalized spacial score (nSPS) is 43.0. The van der Waals surface area contributed by atoms with Crippen LogP contribution < -0.4 is 9.47 Å². The van der Waals surface area contributed by atoms with Crippen molar-refractivity contribution >= 4 is 0 Å². The smallest absolute Gasteiger partial charge is 0.166 e. The van der Waals surface area contributed by atoms with Crippen molar-refractivity contribution in [2.75, 3.05) is 20.7 Å². The van der Waals surface area contributed by atoms with Crippen molar-refractivity contribution in [3.63, 3.8) is 0 Å². The lowest BCUT2D eigenvalue weighted by Gasteiger charge is -2.60. The van der Waals surface area contributed by atoms with Crippen molar-refractivity contribution in [1.29, 1.82) is 0 Å². The molecule has 0 radical (unpaired) electrons. The third-order valence-electron chi connectivity index (χ3n) is 6.98. The summed E-state index contributed by atoms with van der Waals surface area (Å²) in [6, 6.07) is 4.69. The molecule has 2 aliphatic heterocycles. The standard InChI is InChI=1S/C19H23NO3/c1-18-15(21)7-5-12-13-10-11-4-6-14(22-3)17(23-18)16(11)19(12,18)8-9-20(13)2/h4-7,12-13,15,21H,8-10H2,1-3H3/t12-,13-,15+,18-,19+/m1/s1. The molecule has 0 aromatic heterocycles. The molecule has 2 aliphatic carbocycles. The zero-order valence-electron chi connectivity index (χ0n) is 13.9. The van der Waals surface area contributed by atoms with E-state index in [1.807, 2.05) is 12.1 Å². The van der Waals surface area contributed by atoms with Crippen LogP contribution in [0, 0.1) is 5.92 Å². The summed E-state index contributed by atoms with van der Waals surface area (Å²) in [5.41, 5.74) is 1.91. The fourth-order valence-corrected chi connectivity index (χ4v) is 5.77. The molecule has 0 amide bonds. The van der Waals surface area contributed by atoms with E-state index in [1.165, 1.54) is 11.1 Å². The van der Waals surface area contributed by atoms with Gasteiger partial charge in [0.2, 0.25) is 0 Å². The first-order chi connectivity index (χ1) is 11.0. The molecule has 1 fully saturated rings. The summed E-state index contributed by atoms with van der Waals surface area (Å²) in [6.45, 7) is 3.13. The fourth-order valence-electron chi connectivity index (χ4n) is 5.77. The van der Waals surface area contributed by atoms with Crippen LogP contribution in [0.15, 0.2) is 24.3 Å². The molecule has 122 valence electrons. The van der Waals surface area contributed by atoms with E-state index in [0.29, 0.717) is 12.0 Å². The van der Waals surface area contributed by atoms with Crippen molar-refractivity contribution in [3.05, 3.63) is 35.4 Å². The Hall–Kier alpha value is -1.52. The lowest BCUT2D eigenvalue weighted by Crippen LogP contribution is -2.70. The molecule has 2 bridgehead atoms. The second-order valence-corrected chi connectivity index (χ2v) is 7.67. The topological polar surface area (TPSA) is 41.9 Å². The molecule has 4 heteroatoms. The first-order valence-electron chi connectivity index (χ1n) is 8.49. The number of aliphatic hydroxyl groups excluding tert-OH is 1. The molecule has 4 aliphatic rings. The van der Waals surface area contributed by atoms with Crippen LogP contribution in [0.25, 0.3) is 0 Å². The quantitative estimate of drug-likeness (QED) is 0.804. The van der Waals surface area contributed by atoms with Crippen LogP contribution in [0.1, 0.15) is 24.5 Å². The van der Waals surface area contributed by atoms with Gasteiger partial charge in [-0.3, -0.25) is 0 Å². The third-order valence-corrected chi connectivity index (χ3v) is 6.98. The Kier molecular flexibility index (Phi) is 2.48. The van der Waals surface area contributed by atoms with Gasteiger partial charge in [0.25, 0.3) is 0 Å². The number of rotatable bonds is 1. The van der Waals surface area contributed by atoms with Gasteiger partial charge in [0.05, 0.1) is 12.5 Å². The highest BCUT2D eigenvalue weighted by molar-refractivity contribution is 5.63. The molecule has 1 saturated heterocycles. The predicted octanol–water partition coefficient (Wildman–Crippen LogP) is 1.89. The van der Waals surface area contributed by atoms with Gasteiger partial charge in [-0.1, -0.05) is 18.2 Å². The monoisotopic (exact) mass is 313 g/mol. The zero-order valence-corrected chi connectivity index (χ0v) is 13.9. The molecule has 2 heterocycles. The van der Waals surface area contributed by atoms with Crippen molar-refractivity contribution in [1.82, 2.24) is 4.90 Å². The summed E-state index contributed by atoms with van der Waals surface area (Å²) in [4.78, 5) is 2.48. The Labute approximate surface area is 136 Å². The number of piperidine rings is 1. The maximum absolute atomic E-state index is 10.8. The highest BCUT2D eigenvalue weighted by atomic mass is 16.5. The van der Waals surface area contributed by atoms with E-state index in [4.69, 9.17) is 9.47 Å². The van der Waals surface area contributed by atoms with Crippen LogP contribution in [0.3, 0.4) is 0 Å². The van der Waals surface area contributed by atoms with Crippen LogP contribution in [-0.4, -0.2) is 48.5 Å². The Morgan fingerprint density at radius 1 is 1.35 bits per heavy atom. The first kappa shape index (κ1) is 13.9. The van der Waals surface area contributed by atoms with E-state index in [-0.39, 0.29) is 5.41 Å². The molecule has 4 nitrogen and oxygen atoms in total. The second kappa shape index (κ2) is 4.11. The third kappa shape index (κ3) is 1.33. The van der Waals surface area contributed by atoms with E-state index >= 15 is 0 Å². The van der Waals surface area contributed by atoms with Gasteiger partial charge < -0.3 is 19.5 Å². The molecule has 5 rings (SSSR count). The van der Waals surface area contributed by atoms with Gasteiger partial charge in [0, 0.05) is 17.5 Å². The number of benzene rings is 1. The van der Waals surface area contributed by atoms with Gasteiger partial charge in [0.1, 0.15) is 11.7 Å². The van der Waals surface area contributed by atoms with Crippen LogP contribution in [0.4, 0.5) is 0 Å². The average molecular weight is 313 g/mol. The van der Waals surface area contributed by atoms with Crippen molar-refractivity contribution in [3.8, 4) is 11.5 Å². The largest absolute Gasteiger partial charge is 0.493 e. The van der Waals surface area contributed by atoms with Crippen molar-refractivity contribution < 1.29 is 14.6 Å². The van der Waals surface area contributed by atoms with Crippen molar-refractivity contribution in [2.45, 2.75) is 42.9 Å². The Bertz CT molecular complexity index is 730. The minimum Gasteiger partial charge on any atom is -0.493 e. The molecule has 1 spiro atoms. The maximum atomic E-state index is 10.8. The lowest BCUT2D eigenvalue weighted by molar-refractivity contribution is -0.110. The molecule has 0 saturated carbocycles. The van der Waals surface area contributed by atoms with Gasteiger partial charge in [-0.05, 0) is 45.0 Å². The number of hydrogen-bond donors (Lipinski definition) is 1. The number of ether oxygens (including phenoxy) is 2. The van der Waals surface area contributed by atoms with E-state index in [0.717, 1.165) is 30.9 Å².